The van der Waals surface area contributed by atoms with Crippen molar-refractivity contribution in [2.24, 2.45) is 0 Å². The maximum absolute atomic E-state index is 12.3. The van der Waals surface area contributed by atoms with Crippen LogP contribution in [0.15, 0.2) is 29.1 Å². The maximum atomic E-state index is 12.3. The van der Waals surface area contributed by atoms with Crippen LogP contribution < -0.4 is 0 Å². The molecule has 1 aromatic carbocycles. The quantitative estimate of drug-likeness (QED) is 0.858. The van der Waals surface area contributed by atoms with E-state index in [-0.39, 0.29) is 0 Å². The number of hydrogen-bond acceptors (Lipinski definition) is 3. The Labute approximate surface area is 144 Å². The van der Waals surface area contributed by atoms with Crippen molar-refractivity contribution in [3.8, 4) is 0 Å². The second kappa shape index (κ2) is 6.06. The van der Waals surface area contributed by atoms with E-state index in [1.807, 2.05) is 0 Å². The minimum atomic E-state index is -4.70. The molecule has 1 atom stereocenters. The molecule has 19 heavy (non-hydrogen) atoms. The van der Waals surface area contributed by atoms with Crippen LogP contribution in [-0.2, 0) is 9.84 Å². The van der Waals surface area contributed by atoms with Gasteiger partial charge in [-0.2, -0.15) is 0 Å². The summed E-state index contributed by atoms with van der Waals surface area (Å²) >= 11 is 0. The van der Waals surface area contributed by atoms with Gasteiger partial charge in [-0.1, -0.05) is 18.9 Å². The third-order valence-corrected chi connectivity index (χ3v) is 2.92. The van der Waals surface area contributed by atoms with Gasteiger partial charge in [0.2, 0.25) is 0 Å². The first kappa shape index (κ1) is 3.47. The predicted octanol–water partition coefficient (Wildman–Crippen LogP) is 2.68. The lowest BCUT2D eigenvalue weighted by Crippen LogP contribution is -2.34. The Morgan fingerprint density at radius 3 is 3.26 bits per heavy atom. The fourth-order valence-electron chi connectivity index (χ4n) is 1.18. The number of piperidine rings is 1. The molecule has 0 radical (unpaired) electrons. The molecule has 0 aliphatic carbocycles. The van der Waals surface area contributed by atoms with E-state index in [4.69, 9.17) is 27.4 Å². The zero-order valence-corrected chi connectivity index (χ0v) is 10.5. The van der Waals surface area contributed by atoms with Gasteiger partial charge in [-0.3, -0.25) is 0 Å². The van der Waals surface area contributed by atoms with E-state index in [9.17, 15) is 8.42 Å². The Morgan fingerprint density at radius 2 is 2.53 bits per heavy atom. The zero-order valence-electron chi connectivity index (χ0n) is 29.7. The molecule has 4 heteroatoms. The molecule has 1 saturated heterocycles. The zero-order chi connectivity index (χ0) is 31.5. The fourth-order valence-corrected chi connectivity index (χ4v) is 1.71. The van der Waals surface area contributed by atoms with Crippen molar-refractivity contribution in [2.75, 3.05) is 25.7 Å². The van der Waals surface area contributed by atoms with E-state index in [2.05, 4.69) is 0 Å². The van der Waals surface area contributed by atoms with Crippen molar-refractivity contribution >= 4 is 9.84 Å². The van der Waals surface area contributed by atoms with E-state index in [1.165, 1.54) is 0 Å². The van der Waals surface area contributed by atoms with Gasteiger partial charge in [0.15, 0.2) is 9.84 Å². The van der Waals surface area contributed by atoms with Gasteiger partial charge in [0.25, 0.3) is 0 Å². The van der Waals surface area contributed by atoms with E-state index >= 15 is 0 Å². The smallest absolute Gasteiger partial charge is 0.175 e. The van der Waals surface area contributed by atoms with E-state index < -0.39 is 101 Å². The van der Waals surface area contributed by atoms with Gasteiger partial charge in [-0.25, -0.2) is 8.42 Å². The summed E-state index contributed by atoms with van der Waals surface area (Å²) in [4.78, 5) is -2.36. The highest BCUT2D eigenvalue weighted by Gasteiger charge is 2.21. The van der Waals surface area contributed by atoms with Crippen LogP contribution in [0.25, 0.3) is 0 Å². The topological polar surface area (TPSA) is 37.4 Å². The third-order valence-electron chi connectivity index (χ3n) is 1.97. The minimum absolute atomic E-state index is 0.430. The third kappa shape index (κ3) is 3.80. The molecule has 1 aliphatic heterocycles. The highest BCUT2D eigenvalue weighted by atomic mass is 32.2. The summed E-state index contributed by atoms with van der Waals surface area (Å²) in [6.45, 7) is -17.1. The van der Waals surface area contributed by atoms with E-state index in [0.29, 0.717) is 6.26 Å². The van der Waals surface area contributed by atoms with E-state index in [1.54, 1.807) is 0 Å². The Kier molecular flexibility index (Phi) is 1.11. The molecule has 2 rings (SSSR count). The Bertz CT molecular complexity index is 1300. The van der Waals surface area contributed by atoms with Gasteiger partial charge in [0.05, 0.1) is 10.4 Å². The molecule has 1 aromatic rings. The molecular formula is C15H23NO2S. The molecular weight excluding hydrogens is 258 g/mol. The van der Waals surface area contributed by atoms with Crippen molar-refractivity contribution in [3.63, 3.8) is 0 Å². The average Bonchev–Trinajstić information content (AvgIpc) is 2.68. The van der Waals surface area contributed by atoms with Crippen molar-refractivity contribution < 1.29 is 35.8 Å². The van der Waals surface area contributed by atoms with Gasteiger partial charge in [0, 0.05) is 34.7 Å². The normalized spacial score (nSPS) is 53.5. The summed E-state index contributed by atoms with van der Waals surface area (Å²) < 4.78 is 187. The van der Waals surface area contributed by atoms with Crippen LogP contribution in [0, 0.1) is 0 Å². The highest BCUT2D eigenvalue weighted by Crippen LogP contribution is 2.28. The van der Waals surface area contributed by atoms with Gasteiger partial charge in [-0.15, -0.1) is 0 Å². The summed E-state index contributed by atoms with van der Waals surface area (Å²) in [5, 5.41) is 0. The minimum Gasteiger partial charge on any atom is -0.303 e. The lowest BCUT2D eigenvalue weighted by atomic mass is 9.90. The number of sulfone groups is 1. The first-order valence-electron chi connectivity index (χ1n) is 14.9. The van der Waals surface area contributed by atoms with Crippen LogP contribution in [0.5, 0.6) is 0 Å². The molecule has 0 bridgehead atoms. The molecule has 106 valence electrons. The van der Waals surface area contributed by atoms with Gasteiger partial charge >= 0.3 is 0 Å². The lowest BCUT2D eigenvalue weighted by molar-refractivity contribution is 0.208. The molecule has 1 unspecified atom stereocenters. The Hall–Kier alpha value is -0.870. The molecule has 0 amide bonds. The number of rotatable bonds is 4. The summed E-state index contributed by atoms with van der Waals surface area (Å²) in [6, 6.07) is -5.77. The molecule has 3 nitrogen and oxygen atoms in total. The SMILES string of the molecule is [2H]c1c([2H])c(C2([2H])C([2H])([2H])N(C([2H])([2H])C([2H])([2H])C([2H])([2H])[2H])C([2H])([2H])C([2H])([2H])C2([2H])[2H])c([2H])c(S(C)(=O)=O)c1[2H]. The molecule has 1 aliphatic rings. The van der Waals surface area contributed by atoms with Crippen molar-refractivity contribution in [1.82, 2.24) is 4.90 Å². The molecule has 0 spiro atoms. The molecule has 0 saturated carbocycles. The van der Waals surface area contributed by atoms with Gasteiger partial charge in [0.1, 0.15) is 0 Å². The number of hydrogen-bond donors (Lipinski definition) is 0. The highest BCUT2D eigenvalue weighted by molar-refractivity contribution is 7.90. The molecule has 1 fully saturated rings. The standard InChI is InChI=1S/C15H23NO2S/c1-3-9-16-10-5-7-14(12-16)13-6-4-8-15(11-13)19(2,17)18/h4,6,8,11,14H,3,5,7,9-10,12H2,1-2H3/i1D3,3D2,4D,5D2,6D,7D2,8D,9D2,10D2,11D,12D2,14D. The molecule has 0 aromatic heterocycles. The van der Waals surface area contributed by atoms with E-state index in [0.717, 1.165) is 0 Å². The van der Waals surface area contributed by atoms with Crippen LogP contribution in [0.2, 0.25) is 0 Å². The van der Waals surface area contributed by atoms with Crippen LogP contribution >= 0.6 is 0 Å². The number of nitrogens with zero attached hydrogens (tertiary/aromatic N) is 1. The fraction of sp³-hybridized carbons (Fsp3) is 0.600. The summed E-state index contributed by atoms with van der Waals surface area (Å²) in [6.07, 6.45) is -12.3. The Balaban J connectivity index is 3.31. The summed E-state index contributed by atoms with van der Waals surface area (Å²) in [5.74, 6) is -4.26. The second-order valence-electron chi connectivity index (χ2n) is 3.40. The largest absolute Gasteiger partial charge is 0.303 e. The molecule has 1 heterocycles. The van der Waals surface area contributed by atoms with Gasteiger partial charge in [-0.05, 0) is 55.7 Å². The first-order valence-corrected chi connectivity index (χ1v) is 6.76. The van der Waals surface area contributed by atoms with Gasteiger partial charge < -0.3 is 4.90 Å². The van der Waals surface area contributed by atoms with Crippen LogP contribution in [-0.4, -0.2) is 39.1 Å². The van der Waals surface area contributed by atoms with Crippen LogP contribution in [0.3, 0.4) is 0 Å². The number of benzene rings is 1. The monoisotopic (exact) mass is 301 g/mol. The van der Waals surface area contributed by atoms with Crippen LogP contribution in [0.4, 0.5) is 0 Å². The lowest BCUT2D eigenvalue weighted by Gasteiger charge is -2.32. The summed E-state index contributed by atoms with van der Waals surface area (Å²) in [5.41, 5.74) is -1.69. The molecule has 0 N–H and O–H groups in total. The van der Waals surface area contributed by atoms with Crippen molar-refractivity contribution in [2.45, 2.75) is 36.8 Å². The number of likely N-dealkylation sites (tertiary alicyclic amines) is 1. The summed E-state index contributed by atoms with van der Waals surface area (Å²) in [7, 11) is -4.70. The predicted molar refractivity (Wildman–Crippen MR) is 78.3 cm³/mol. The van der Waals surface area contributed by atoms with Crippen LogP contribution in [0.1, 0.15) is 64.8 Å². The average molecular weight is 302 g/mol. The van der Waals surface area contributed by atoms with Crippen molar-refractivity contribution in [3.05, 3.63) is 29.7 Å². The van der Waals surface area contributed by atoms with Crippen molar-refractivity contribution in [1.29, 1.82) is 0 Å². The second-order valence-corrected chi connectivity index (χ2v) is 5.35. The maximum Gasteiger partial charge on any atom is 0.175 e. The Morgan fingerprint density at radius 1 is 1.68 bits per heavy atom. The first-order chi connectivity index (χ1) is 16.8.